The molecule has 0 nitrogen and oxygen atoms in total. The lowest BCUT2D eigenvalue weighted by atomic mass is 10.2. The first kappa shape index (κ1) is 13.2. The minimum absolute atomic E-state index is 1.10. The van der Waals surface area contributed by atoms with Crippen molar-refractivity contribution in [3.05, 3.63) is 37.0 Å². The molecular formula is C14H24. The normalized spacial score (nSPS) is 11.5. The Morgan fingerprint density at radius 2 is 1.50 bits per heavy atom. The van der Waals surface area contributed by atoms with Gasteiger partial charge in [-0.05, 0) is 38.5 Å². The molecule has 14 heavy (non-hydrogen) atoms. The van der Waals surface area contributed by atoms with Gasteiger partial charge in [0.05, 0.1) is 0 Å². The lowest BCUT2D eigenvalue weighted by Crippen LogP contribution is -1.71. The van der Waals surface area contributed by atoms with Gasteiger partial charge < -0.3 is 0 Å². The first-order valence-corrected chi connectivity index (χ1v) is 5.82. The predicted molar refractivity (Wildman–Crippen MR) is 66.5 cm³/mol. The van der Waals surface area contributed by atoms with Gasteiger partial charge in [0.25, 0.3) is 0 Å². The van der Waals surface area contributed by atoms with Gasteiger partial charge in [0.2, 0.25) is 0 Å². The van der Waals surface area contributed by atoms with Crippen molar-refractivity contribution in [1.29, 1.82) is 0 Å². The molecule has 0 aliphatic heterocycles. The number of hydrogen-bond donors (Lipinski definition) is 0. The van der Waals surface area contributed by atoms with Gasteiger partial charge in [-0.25, -0.2) is 0 Å². The maximum absolute atomic E-state index is 3.71. The maximum Gasteiger partial charge on any atom is -0.0169 e. The van der Waals surface area contributed by atoms with E-state index in [2.05, 4.69) is 37.8 Å². The first-order chi connectivity index (χ1) is 6.91. The third-order valence-electron chi connectivity index (χ3n) is 2.09. The molecule has 0 aliphatic rings. The molecule has 80 valence electrons. The Hall–Kier alpha value is -0.780. The highest BCUT2D eigenvalue weighted by Crippen LogP contribution is 2.01. The largest absolute Gasteiger partial charge is 0.103 e. The molecule has 0 N–H and O–H groups in total. The molecule has 0 aromatic carbocycles. The summed E-state index contributed by atoms with van der Waals surface area (Å²) >= 11 is 0. The third kappa shape index (κ3) is 11.2. The summed E-state index contributed by atoms with van der Waals surface area (Å²) in [4.78, 5) is 0. The Morgan fingerprint density at radius 1 is 0.857 bits per heavy atom. The SMILES string of the molecule is C=CCCCCC=CCC=CCCC. The lowest BCUT2D eigenvalue weighted by Gasteiger charge is -1.91. The molecule has 0 saturated heterocycles. The van der Waals surface area contributed by atoms with Crippen LogP contribution in [0.4, 0.5) is 0 Å². The second-order valence-electron chi connectivity index (χ2n) is 3.54. The summed E-state index contributed by atoms with van der Waals surface area (Å²) < 4.78 is 0. The van der Waals surface area contributed by atoms with Crippen molar-refractivity contribution in [2.75, 3.05) is 0 Å². The molecule has 0 aliphatic carbocycles. The van der Waals surface area contributed by atoms with Crippen LogP contribution in [0.25, 0.3) is 0 Å². The molecule has 0 unspecified atom stereocenters. The molecule has 0 rings (SSSR count). The smallest absolute Gasteiger partial charge is 0.0169 e. The molecule has 0 heterocycles. The van der Waals surface area contributed by atoms with E-state index in [-0.39, 0.29) is 0 Å². The summed E-state index contributed by atoms with van der Waals surface area (Å²) in [6.07, 6.45) is 19.6. The topological polar surface area (TPSA) is 0 Å². The standard InChI is InChI=1S/C14H24/c1-3-5-7-9-11-13-14-12-10-8-6-4-2/h3,8,10,13-14H,1,4-7,9,11-12H2,2H3. The van der Waals surface area contributed by atoms with Crippen LogP contribution in [0.2, 0.25) is 0 Å². The molecule has 0 aromatic rings. The van der Waals surface area contributed by atoms with Crippen LogP contribution in [0.5, 0.6) is 0 Å². The highest BCUT2D eigenvalue weighted by Gasteiger charge is 1.81. The zero-order chi connectivity index (χ0) is 10.5. The van der Waals surface area contributed by atoms with E-state index in [0.29, 0.717) is 0 Å². The highest BCUT2D eigenvalue weighted by atomic mass is 13.9. The predicted octanol–water partition coefficient (Wildman–Crippen LogP) is 5.04. The van der Waals surface area contributed by atoms with Crippen LogP contribution in [0, 0.1) is 0 Å². The second-order valence-corrected chi connectivity index (χ2v) is 3.54. The Bertz CT molecular complexity index is 163. The van der Waals surface area contributed by atoms with Crippen LogP contribution >= 0.6 is 0 Å². The summed E-state index contributed by atoms with van der Waals surface area (Å²) in [6, 6.07) is 0. The van der Waals surface area contributed by atoms with E-state index in [4.69, 9.17) is 0 Å². The summed E-state index contributed by atoms with van der Waals surface area (Å²) in [5.74, 6) is 0. The quantitative estimate of drug-likeness (QED) is 0.355. The molecule has 0 heteroatoms. The Morgan fingerprint density at radius 3 is 2.14 bits per heavy atom. The molecule has 0 bridgehead atoms. The van der Waals surface area contributed by atoms with Gasteiger partial charge in [0.15, 0.2) is 0 Å². The van der Waals surface area contributed by atoms with Crippen molar-refractivity contribution in [2.45, 2.75) is 51.9 Å². The number of rotatable bonds is 9. The fourth-order valence-corrected chi connectivity index (χ4v) is 1.22. The third-order valence-corrected chi connectivity index (χ3v) is 2.09. The van der Waals surface area contributed by atoms with Crippen molar-refractivity contribution >= 4 is 0 Å². The van der Waals surface area contributed by atoms with E-state index in [1.54, 1.807) is 0 Å². The minimum atomic E-state index is 1.10. The van der Waals surface area contributed by atoms with E-state index in [1.165, 1.54) is 32.1 Å². The van der Waals surface area contributed by atoms with Crippen molar-refractivity contribution in [1.82, 2.24) is 0 Å². The van der Waals surface area contributed by atoms with Crippen LogP contribution in [-0.2, 0) is 0 Å². The van der Waals surface area contributed by atoms with Crippen LogP contribution in [0.15, 0.2) is 37.0 Å². The van der Waals surface area contributed by atoms with Crippen LogP contribution in [0.1, 0.15) is 51.9 Å². The molecule has 0 saturated carbocycles. The summed E-state index contributed by atoms with van der Waals surface area (Å²) in [5.41, 5.74) is 0. The van der Waals surface area contributed by atoms with Gasteiger partial charge in [0.1, 0.15) is 0 Å². The van der Waals surface area contributed by atoms with E-state index in [1.807, 2.05) is 6.08 Å². The van der Waals surface area contributed by atoms with E-state index < -0.39 is 0 Å². The number of hydrogen-bond acceptors (Lipinski definition) is 0. The molecule has 0 aromatic heterocycles. The van der Waals surface area contributed by atoms with Crippen LogP contribution < -0.4 is 0 Å². The summed E-state index contributed by atoms with van der Waals surface area (Å²) in [6.45, 7) is 5.92. The maximum atomic E-state index is 3.71. The summed E-state index contributed by atoms with van der Waals surface area (Å²) in [7, 11) is 0. The fourth-order valence-electron chi connectivity index (χ4n) is 1.22. The number of unbranched alkanes of at least 4 members (excludes halogenated alkanes) is 4. The molecule has 0 amide bonds. The van der Waals surface area contributed by atoms with Crippen molar-refractivity contribution in [2.24, 2.45) is 0 Å². The molecule has 0 atom stereocenters. The monoisotopic (exact) mass is 192 g/mol. The van der Waals surface area contributed by atoms with Crippen molar-refractivity contribution < 1.29 is 0 Å². The van der Waals surface area contributed by atoms with Gasteiger partial charge >= 0.3 is 0 Å². The molecule has 0 radical (unpaired) electrons. The average Bonchev–Trinajstić information content (AvgIpc) is 2.21. The fraction of sp³-hybridized carbons (Fsp3) is 0.571. The van der Waals surface area contributed by atoms with Crippen molar-refractivity contribution in [3.63, 3.8) is 0 Å². The van der Waals surface area contributed by atoms with Gasteiger partial charge in [-0.15, -0.1) is 6.58 Å². The second kappa shape index (κ2) is 12.2. The molecule has 0 spiro atoms. The van der Waals surface area contributed by atoms with Gasteiger partial charge in [0, 0.05) is 0 Å². The van der Waals surface area contributed by atoms with Crippen LogP contribution in [-0.4, -0.2) is 0 Å². The van der Waals surface area contributed by atoms with Gasteiger partial charge in [-0.2, -0.15) is 0 Å². The van der Waals surface area contributed by atoms with Crippen molar-refractivity contribution in [3.8, 4) is 0 Å². The Kier molecular flexibility index (Phi) is 11.5. The zero-order valence-corrected chi connectivity index (χ0v) is 9.54. The molecule has 0 fully saturated rings. The van der Waals surface area contributed by atoms with Gasteiger partial charge in [-0.1, -0.05) is 43.7 Å². The minimum Gasteiger partial charge on any atom is -0.103 e. The average molecular weight is 192 g/mol. The Balaban J connectivity index is 3.14. The highest BCUT2D eigenvalue weighted by molar-refractivity contribution is 4.92. The molecular weight excluding hydrogens is 168 g/mol. The zero-order valence-electron chi connectivity index (χ0n) is 9.54. The van der Waals surface area contributed by atoms with E-state index >= 15 is 0 Å². The Labute approximate surface area is 89.4 Å². The van der Waals surface area contributed by atoms with E-state index in [9.17, 15) is 0 Å². The summed E-state index contributed by atoms with van der Waals surface area (Å²) in [5, 5.41) is 0. The lowest BCUT2D eigenvalue weighted by molar-refractivity contribution is 0.762. The van der Waals surface area contributed by atoms with Crippen LogP contribution in [0.3, 0.4) is 0 Å². The number of allylic oxidation sites excluding steroid dienone is 5. The first-order valence-electron chi connectivity index (χ1n) is 5.82. The van der Waals surface area contributed by atoms with E-state index in [0.717, 1.165) is 12.8 Å². The van der Waals surface area contributed by atoms with Gasteiger partial charge in [-0.3, -0.25) is 0 Å².